The van der Waals surface area contributed by atoms with Gasteiger partial charge in [0.1, 0.15) is 0 Å². The molecule has 0 saturated heterocycles. The van der Waals surface area contributed by atoms with E-state index in [1.807, 2.05) is 44.2 Å². The van der Waals surface area contributed by atoms with Gasteiger partial charge in [-0.15, -0.1) is 0 Å². The molecule has 0 aliphatic rings. The Bertz CT molecular complexity index is 822. The topological polar surface area (TPSA) is 75.6 Å². The summed E-state index contributed by atoms with van der Waals surface area (Å²) in [6.07, 6.45) is 2.63. The first-order chi connectivity index (χ1) is 11.6. The molecule has 7 heteroatoms. The van der Waals surface area contributed by atoms with Crippen molar-refractivity contribution in [2.24, 2.45) is 0 Å². The average Bonchev–Trinajstić information content (AvgIpc) is 2.57. The third-order valence-electron chi connectivity index (χ3n) is 3.10. The Morgan fingerprint density at radius 2 is 1.71 bits per heavy atom. The summed E-state index contributed by atoms with van der Waals surface area (Å²) < 4.78 is 13.8. The van der Waals surface area contributed by atoms with Crippen molar-refractivity contribution in [2.75, 3.05) is 10.6 Å². The fourth-order valence-electron chi connectivity index (χ4n) is 2.07. The molecular formula is C17H17FN6. The van der Waals surface area contributed by atoms with E-state index in [0.29, 0.717) is 11.8 Å². The number of benzene rings is 1. The number of hydrogen-bond acceptors (Lipinski definition) is 6. The molecule has 0 atom stereocenters. The molecule has 6 nitrogen and oxygen atoms in total. The maximum absolute atomic E-state index is 13.8. The van der Waals surface area contributed by atoms with Crippen LogP contribution in [0.3, 0.4) is 0 Å². The second-order valence-corrected chi connectivity index (χ2v) is 5.45. The molecule has 2 heterocycles. The molecule has 0 spiro atoms. The predicted molar refractivity (Wildman–Crippen MR) is 91.5 cm³/mol. The average molecular weight is 324 g/mol. The van der Waals surface area contributed by atoms with Crippen LogP contribution >= 0.6 is 0 Å². The molecule has 0 saturated carbocycles. The van der Waals surface area contributed by atoms with Crippen LogP contribution in [-0.2, 0) is 0 Å². The number of nitrogens with one attached hydrogen (secondary N) is 2. The van der Waals surface area contributed by atoms with Gasteiger partial charge in [-0.05, 0) is 19.9 Å². The summed E-state index contributed by atoms with van der Waals surface area (Å²) in [6.45, 7) is 3.98. The molecular weight excluding hydrogens is 307 g/mol. The van der Waals surface area contributed by atoms with Crippen molar-refractivity contribution in [2.45, 2.75) is 19.9 Å². The SMILES string of the molecule is CC(C)Nc1nc(Nc2ccncc2F)nc(-c2ccccc2)n1. The van der Waals surface area contributed by atoms with E-state index in [1.165, 1.54) is 12.3 Å². The van der Waals surface area contributed by atoms with E-state index in [-0.39, 0.29) is 17.7 Å². The fraction of sp³-hybridized carbons (Fsp3) is 0.176. The van der Waals surface area contributed by atoms with Gasteiger partial charge in [0, 0.05) is 17.8 Å². The van der Waals surface area contributed by atoms with E-state index in [4.69, 9.17) is 0 Å². The van der Waals surface area contributed by atoms with Crippen LogP contribution in [0.4, 0.5) is 22.0 Å². The zero-order chi connectivity index (χ0) is 16.9. The van der Waals surface area contributed by atoms with E-state index in [0.717, 1.165) is 11.8 Å². The fourth-order valence-corrected chi connectivity index (χ4v) is 2.07. The summed E-state index contributed by atoms with van der Waals surface area (Å²) in [5.41, 5.74) is 1.11. The van der Waals surface area contributed by atoms with Crippen molar-refractivity contribution in [3.63, 3.8) is 0 Å². The van der Waals surface area contributed by atoms with Gasteiger partial charge in [-0.3, -0.25) is 4.98 Å². The minimum Gasteiger partial charge on any atom is -0.352 e. The Morgan fingerprint density at radius 3 is 2.42 bits per heavy atom. The molecule has 24 heavy (non-hydrogen) atoms. The highest BCUT2D eigenvalue weighted by atomic mass is 19.1. The molecule has 1 aromatic carbocycles. The van der Waals surface area contributed by atoms with Gasteiger partial charge in [0.2, 0.25) is 11.9 Å². The molecule has 3 rings (SSSR count). The second-order valence-electron chi connectivity index (χ2n) is 5.45. The molecule has 0 radical (unpaired) electrons. The van der Waals surface area contributed by atoms with Crippen LogP contribution in [0.5, 0.6) is 0 Å². The monoisotopic (exact) mass is 324 g/mol. The van der Waals surface area contributed by atoms with Gasteiger partial charge in [0.25, 0.3) is 0 Å². The van der Waals surface area contributed by atoms with Gasteiger partial charge in [0.05, 0.1) is 11.9 Å². The molecule has 0 unspecified atom stereocenters. The van der Waals surface area contributed by atoms with Gasteiger partial charge < -0.3 is 10.6 Å². The Morgan fingerprint density at radius 1 is 0.958 bits per heavy atom. The number of anilines is 3. The summed E-state index contributed by atoms with van der Waals surface area (Å²) in [4.78, 5) is 16.8. The van der Waals surface area contributed by atoms with Gasteiger partial charge in [-0.25, -0.2) is 4.39 Å². The number of aromatic nitrogens is 4. The van der Waals surface area contributed by atoms with Crippen LogP contribution < -0.4 is 10.6 Å². The number of rotatable bonds is 5. The molecule has 2 N–H and O–H groups in total. The van der Waals surface area contributed by atoms with Gasteiger partial charge in [0.15, 0.2) is 11.6 Å². The Labute approximate surface area is 139 Å². The summed E-state index contributed by atoms with van der Waals surface area (Å²) >= 11 is 0. The molecule has 0 bridgehead atoms. The molecule has 122 valence electrons. The molecule has 0 fully saturated rings. The summed E-state index contributed by atoms with van der Waals surface area (Å²) in [7, 11) is 0. The van der Waals surface area contributed by atoms with Gasteiger partial charge >= 0.3 is 0 Å². The first-order valence-corrected chi connectivity index (χ1v) is 7.56. The lowest BCUT2D eigenvalue weighted by molar-refractivity contribution is 0.625. The summed E-state index contributed by atoms with van der Waals surface area (Å²) in [5, 5.41) is 6.03. The van der Waals surface area contributed by atoms with Crippen molar-refractivity contribution >= 4 is 17.6 Å². The van der Waals surface area contributed by atoms with Crippen molar-refractivity contribution < 1.29 is 4.39 Å². The van der Waals surface area contributed by atoms with Gasteiger partial charge in [-0.2, -0.15) is 15.0 Å². The van der Waals surface area contributed by atoms with Crippen molar-refractivity contribution in [1.82, 2.24) is 19.9 Å². The highest BCUT2D eigenvalue weighted by Crippen LogP contribution is 2.21. The number of halogens is 1. The maximum Gasteiger partial charge on any atom is 0.232 e. The first kappa shape index (κ1) is 15.8. The van der Waals surface area contributed by atoms with Crippen LogP contribution in [0.15, 0.2) is 48.8 Å². The highest BCUT2D eigenvalue weighted by Gasteiger charge is 2.11. The molecule has 2 aromatic heterocycles. The third-order valence-corrected chi connectivity index (χ3v) is 3.10. The molecule has 0 aliphatic carbocycles. The zero-order valence-corrected chi connectivity index (χ0v) is 13.4. The van der Waals surface area contributed by atoms with E-state index in [1.54, 1.807) is 0 Å². The van der Waals surface area contributed by atoms with Crippen LogP contribution in [0.1, 0.15) is 13.8 Å². The minimum absolute atomic E-state index is 0.154. The molecule has 0 aliphatic heterocycles. The van der Waals surface area contributed by atoms with E-state index >= 15 is 0 Å². The summed E-state index contributed by atoms with van der Waals surface area (Å²) in [5.74, 6) is 0.719. The highest BCUT2D eigenvalue weighted by molar-refractivity contribution is 5.61. The normalized spacial score (nSPS) is 10.7. The molecule has 0 amide bonds. The Kier molecular flexibility index (Phi) is 4.60. The first-order valence-electron chi connectivity index (χ1n) is 7.56. The van der Waals surface area contributed by atoms with Crippen LogP contribution in [0.2, 0.25) is 0 Å². The van der Waals surface area contributed by atoms with Crippen molar-refractivity contribution in [3.05, 3.63) is 54.6 Å². The van der Waals surface area contributed by atoms with Gasteiger partial charge in [-0.1, -0.05) is 30.3 Å². The Balaban J connectivity index is 2.00. The lowest BCUT2D eigenvalue weighted by atomic mass is 10.2. The largest absolute Gasteiger partial charge is 0.352 e. The maximum atomic E-state index is 13.8. The summed E-state index contributed by atoms with van der Waals surface area (Å²) in [6, 6.07) is 11.2. The van der Waals surface area contributed by atoms with Crippen molar-refractivity contribution in [3.8, 4) is 11.4 Å². The number of nitrogens with zero attached hydrogens (tertiary/aromatic N) is 4. The van der Waals surface area contributed by atoms with Crippen LogP contribution in [0, 0.1) is 5.82 Å². The zero-order valence-electron chi connectivity index (χ0n) is 13.4. The Hall–Kier alpha value is -3.09. The molecule has 3 aromatic rings. The van der Waals surface area contributed by atoms with E-state index < -0.39 is 5.82 Å². The van der Waals surface area contributed by atoms with Crippen LogP contribution in [-0.4, -0.2) is 26.0 Å². The quantitative estimate of drug-likeness (QED) is 0.746. The second kappa shape index (κ2) is 6.99. The lowest BCUT2D eigenvalue weighted by Crippen LogP contribution is -2.14. The standard InChI is InChI=1S/C17H17FN6/c1-11(2)20-16-22-15(12-6-4-3-5-7-12)23-17(24-16)21-14-8-9-19-10-13(14)18/h3-11H,1-2H3,(H2,19,20,21,22,23,24). The minimum atomic E-state index is -0.474. The third kappa shape index (κ3) is 3.81. The number of hydrogen-bond donors (Lipinski definition) is 2. The lowest BCUT2D eigenvalue weighted by Gasteiger charge is -2.12. The van der Waals surface area contributed by atoms with Crippen molar-refractivity contribution in [1.29, 1.82) is 0 Å². The predicted octanol–water partition coefficient (Wildman–Crippen LogP) is 3.64. The van der Waals surface area contributed by atoms with Crippen LogP contribution in [0.25, 0.3) is 11.4 Å². The smallest absolute Gasteiger partial charge is 0.232 e. The number of pyridine rings is 1. The van der Waals surface area contributed by atoms with E-state index in [2.05, 4.69) is 30.6 Å². The van der Waals surface area contributed by atoms with E-state index in [9.17, 15) is 4.39 Å².